The molecule has 2 aromatic carbocycles. The number of methoxy groups -OCH3 is 1. The monoisotopic (exact) mass is 377 g/mol. The molecule has 1 unspecified atom stereocenters. The Morgan fingerprint density at radius 2 is 1.88 bits per heavy atom. The first-order chi connectivity index (χ1) is 12.4. The van der Waals surface area contributed by atoms with E-state index in [9.17, 15) is 13.2 Å². The van der Waals surface area contributed by atoms with Gasteiger partial charge in [-0.05, 0) is 32.4 Å². The van der Waals surface area contributed by atoms with Crippen molar-refractivity contribution in [3.63, 3.8) is 0 Å². The van der Waals surface area contributed by atoms with Crippen LogP contribution in [-0.4, -0.2) is 34.1 Å². The van der Waals surface area contributed by atoms with Gasteiger partial charge in [0.15, 0.2) is 0 Å². The van der Waals surface area contributed by atoms with Gasteiger partial charge in [0.05, 0.1) is 18.6 Å². The third-order valence-electron chi connectivity index (χ3n) is 3.83. The minimum Gasteiger partial charge on any atom is -0.496 e. The maximum Gasteiger partial charge on any atom is 0.324 e. The molecule has 2 rings (SSSR count). The number of allylic oxidation sites excluding steroid dienone is 1. The summed E-state index contributed by atoms with van der Waals surface area (Å²) in [5.41, 5.74) is 0. The van der Waals surface area contributed by atoms with Crippen molar-refractivity contribution in [2.45, 2.75) is 31.2 Å². The van der Waals surface area contributed by atoms with Crippen LogP contribution < -0.4 is 9.46 Å². The molecule has 0 aromatic heterocycles. The van der Waals surface area contributed by atoms with Gasteiger partial charge in [-0.1, -0.05) is 36.4 Å². The Bertz CT molecular complexity index is 905. The highest BCUT2D eigenvalue weighted by atomic mass is 32.2. The Kier molecular flexibility index (Phi) is 6.76. The van der Waals surface area contributed by atoms with Crippen LogP contribution in [0.4, 0.5) is 0 Å². The highest BCUT2D eigenvalue weighted by Gasteiger charge is 2.27. The fourth-order valence-electron chi connectivity index (χ4n) is 2.61. The fraction of sp³-hybridized carbons (Fsp3) is 0.316. The van der Waals surface area contributed by atoms with E-state index in [2.05, 4.69) is 4.72 Å². The van der Waals surface area contributed by atoms with E-state index in [0.717, 1.165) is 0 Å². The average molecular weight is 377 g/mol. The highest BCUT2D eigenvalue weighted by molar-refractivity contribution is 7.89. The van der Waals surface area contributed by atoms with E-state index in [0.29, 0.717) is 16.5 Å². The maximum atomic E-state index is 12.9. The van der Waals surface area contributed by atoms with Crippen molar-refractivity contribution < 1.29 is 22.7 Å². The van der Waals surface area contributed by atoms with E-state index in [1.165, 1.54) is 13.2 Å². The quantitative estimate of drug-likeness (QED) is 0.565. The molecule has 7 heteroatoms. The van der Waals surface area contributed by atoms with Gasteiger partial charge >= 0.3 is 5.97 Å². The van der Waals surface area contributed by atoms with Gasteiger partial charge in [0, 0.05) is 10.8 Å². The number of fused-ring (bicyclic) bond motifs is 1. The van der Waals surface area contributed by atoms with Gasteiger partial charge in [0.2, 0.25) is 10.0 Å². The molecule has 6 nitrogen and oxygen atoms in total. The second kappa shape index (κ2) is 8.82. The van der Waals surface area contributed by atoms with E-state index in [-0.39, 0.29) is 17.9 Å². The largest absolute Gasteiger partial charge is 0.496 e. The van der Waals surface area contributed by atoms with Crippen LogP contribution in [0.2, 0.25) is 0 Å². The molecule has 0 fully saturated rings. The summed E-state index contributed by atoms with van der Waals surface area (Å²) in [6, 6.07) is 9.14. The number of rotatable bonds is 8. The third kappa shape index (κ3) is 4.42. The zero-order valence-electron chi connectivity index (χ0n) is 15.1. The van der Waals surface area contributed by atoms with E-state index >= 15 is 0 Å². The molecule has 26 heavy (non-hydrogen) atoms. The van der Waals surface area contributed by atoms with Crippen LogP contribution in [0, 0.1) is 0 Å². The SMILES string of the molecule is CC=CCC(NS(=O)(=O)c1ccc(OC)c2ccccc12)C(=O)OCC. The predicted octanol–water partition coefficient (Wildman–Crippen LogP) is 3.02. The molecule has 2 aromatic rings. The number of benzene rings is 2. The first kappa shape index (κ1) is 19.9. The van der Waals surface area contributed by atoms with Gasteiger partial charge in [0.25, 0.3) is 0 Å². The zero-order valence-corrected chi connectivity index (χ0v) is 15.9. The molecular weight excluding hydrogens is 354 g/mol. The summed E-state index contributed by atoms with van der Waals surface area (Å²) >= 11 is 0. The van der Waals surface area contributed by atoms with Gasteiger partial charge in [-0.3, -0.25) is 4.79 Å². The van der Waals surface area contributed by atoms with Gasteiger partial charge in [-0.25, -0.2) is 8.42 Å². The minimum atomic E-state index is -3.95. The zero-order chi connectivity index (χ0) is 19.2. The minimum absolute atomic E-state index is 0.0867. The van der Waals surface area contributed by atoms with Crippen molar-refractivity contribution >= 4 is 26.8 Å². The number of carbonyl (C=O) groups is 1. The Morgan fingerprint density at radius 1 is 1.19 bits per heavy atom. The van der Waals surface area contributed by atoms with Gasteiger partial charge < -0.3 is 9.47 Å². The lowest BCUT2D eigenvalue weighted by atomic mass is 10.1. The average Bonchev–Trinajstić information content (AvgIpc) is 2.64. The molecule has 1 atom stereocenters. The molecular formula is C19H23NO5S. The topological polar surface area (TPSA) is 81.7 Å². The number of esters is 1. The molecule has 0 spiro atoms. The molecule has 0 heterocycles. The number of hydrogen-bond acceptors (Lipinski definition) is 5. The molecule has 0 bridgehead atoms. The lowest BCUT2D eigenvalue weighted by Crippen LogP contribution is -2.41. The Hall–Kier alpha value is -2.38. The summed E-state index contributed by atoms with van der Waals surface area (Å²) in [5, 5.41) is 1.20. The summed E-state index contributed by atoms with van der Waals surface area (Å²) < 4.78 is 38.6. The molecule has 0 aliphatic rings. The van der Waals surface area contributed by atoms with Crippen molar-refractivity contribution in [1.82, 2.24) is 4.72 Å². The van der Waals surface area contributed by atoms with Crippen molar-refractivity contribution in [3.8, 4) is 5.75 Å². The molecule has 0 saturated heterocycles. The van der Waals surface area contributed by atoms with E-state index in [1.54, 1.807) is 50.3 Å². The van der Waals surface area contributed by atoms with E-state index in [1.807, 2.05) is 6.07 Å². The van der Waals surface area contributed by atoms with Gasteiger partial charge in [-0.2, -0.15) is 4.72 Å². The number of carbonyl (C=O) groups excluding carboxylic acids is 1. The summed E-state index contributed by atoms with van der Waals surface area (Å²) in [6.07, 6.45) is 3.68. The van der Waals surface area contributed by atoms with E-state index < -0.39 is 22.0 Å². The summed E-state index contributed by atoms with van der Waals surface area (Å²) in [7, 11) is -2.42. The van der Waals surface area contributed by atoms with Crippen LogP contribution in [0.5, 0.6) is 5.75 Å². The van der Waals surface area contributed by atoms with Crippen molar-refractivity contribution in [2.24, 2.45) is 0 Å². The first-order valence-corrected chi connectivity index (χ1v) is 9.78. The molecule has 1 N–H and O–H groups in total. The predicted molar refractivity (Wildman–Crippen MR) is 101 cm³/mol. The van der Waals surface area contributed by atoms with Crippen LogP contribution >= 0.6 is 0 Å². The normalized spacial score (nSPS) is 13.0. The summed E-state index contributed by atoms with van der Waals surface area (Å²) in [4.78, 5) is 12.2. The third-order valence-corrected chi connectivity index (χ3v) is 5.36. The van der Waals surface area contributed by atoms with Crippen molar-refractivity contribution in [3.05, 3.63) is 48.6 Å². The van der Waals surface area contributed by atoms with Crippen molar-refractivity contribution in [2.75, 3.05) is 13.7 Å². The van der Waals surface area contributed by atoms with Gasteiger partial charge in [0.1, 0.15) is 11.8 Å². The maximum absolute atomic E-state index is 12.9. The Labute approximate surface area is 153 Å². The second-order valence-corrected chi connectivity index (χ2v) is 7.22. The number of ether oxygens (including phenoxy) is 2. The van der Waals surface area contributed by atoms with Crippen LogP contribution in [0.1, 0.15) is 20.3 Å². The molecule has 140 valence electrons. The van der Waals surface area contributed by atoms with Crippen LogP contribution in [-0.2, 0) is 19.6 Å². The number of hydrogen-bond donors (Lipinski definition) is 1. The first-order valence-electron chi connectivity index (χ1n) is 8.30. The summed E-state index contributed by atoms with van der Waals surface area (Å²) in [5.74, 6) is -0.0256. The molecule has 0 radical (unpaired) electrons. The highest BCUT2D eigenvalue weighted by Crippen LogP contribution is 2.30. The van der Waals surface area contributed by atoms with Crippen LogP contribution in [0.3, 0.4) is 0 Å². The van der Waals surface area contributed by atoms with Crippen molar-refractivity contribution in [1.29, 1.82) is 0 Å². The van der Waals surface area contributed by atoms with E-state index in [4.69, 9.17) is 9.47 Å². The molecule has 0 aliphatic carbocycles. The lowest BCUT2D eigenvalue weighted by molar-refractivity contribution is -0.145. The smallest absolute Gasteiger partial charge is 0.324 e. The lowest BCUT2D eigenvalue weighted by Gasteiger charge is -2.17. The molecule has 0 aliphatic heterocycles. The Morgan fingerprint density at radius 3 is 2.50 bits per heavy atom. The van der Waals surface area contributed by atoms with Crippen LogP contribution in [0.15, 0.2) is 53.4 Å². The molecule has 0 saturated carbocycles. The second-order valence-electron chi connectivity index (χ2n) is 5.54. The van der Waals surface area contributed by atoms with Gasteiger partial charge in [-0.15, -0.1) is 0 Å². The standard InChI is InChI=1S/C19H23NO5S/c1-4-6-11-16(19(21)25-5-2)20-26(22,23)18-13-12-17(24-3)14-9-7-8-10-15(14)18/h4,6-10,12-13,16,20H,5,11H2,1-3H3. The van der Waals surface area contributed by atoms with Crippen LogP contribution in [0.25, 0.3) is 10.8 Å². The summed E-state index contributed by atoms with van der Waals surface area (Å²) in [6.45, 7) is 3.65. The fourth-order valence-corrected chi connectivity index (χ4v) is 4.02. The molecule has 0 amide bonds. The Balaban J connectivity index is 2.46. The number of sulfonamides is 1. The number of nitrogens with one attached hydrogen (secondary N) is 1.